The Bertz CT molecular complexity index is 1520. The van der Waals surface area contributed by atoms with Gasteiger partial charge >= 0.3 is 6.09 Å². The Balaban J connectivity index is 1.87. The number of ether oxygens (including phenoxy) is 1. The predicted octanol–water partition coefficient (Wildman–Crippen LogP) is 5.87. The molecule has 1 amide bonds. The number of nitrogens with zero attached hydrogens (tertiary/aromatic N) is 2. The second-order valence-corrected chi connectivity index (χ2v) is 9.98. The Kier molecular flexibility index (Phi) is 6.20. The molecule has 0 spiro atoms. The first-order chi connectivity index (χ1) is 16.5. The molecule has 0 aliphatic rings. The van der Waals surface area contributed by atoms with Gasteiger partial charge in [-0.25, -0.2) is 30.9 Å². The number of nitrogens with one attached hydrogen (secondary N) is 1. The highest BCUT2D eigenvalue weighted by molar-refractivity contribution is 7.90. The summed E-state index contributed by atoms with van der Waals surface area (Å²) in [5.74, 6) is -3.24. The van der Waals surface area contributed by atoms with Crippen LogP contribution < -0.4 is 10.1 Å². The zero-order valence-electron chi connectivity index (χ0n) is 18.9. The molecule has 4 aromatic rings. The van der Waals surface area contributed by atoms with Gasteiger partial charge in [-0.2, -0.15) is 0 Å². The lowest BCUT2D eigenvalue weighted by Gasteiger charge is -2.12. The van der Waals surface area contributed by atoms with Gasteiger partial charge in [0.25, 0.3) is 10.0 Å². The molecule has 0 aliphatic heterocycles. The van der Waals surface area contributed by atoms with Gasteiger partial charge in [-0.3, -0.25) is 5.32 Å². The van der Waals surface area contributed by atoms with Crippen molar-refractivity contribution in [2.75, 3.05) is 5.32 Å². The van der Waals surface area contributed by atoms with E-state index in [1.54, 1.807) is 12.1 Å². The van der Waals surface area contributed by atoms with Crippen LogP contribution in [0.4, 0.5) is 19.3 Å². The Morgan fingerprint density at radius 2 is 1.74 bits per heavy atom. The van der Waals surface area contributed by atoms with E-state index >= 15 is 0 Å². The summed E-state index contributed by atoms with van der Waals surface area (Å²) >= 11 is 0. The van der Waals surface area contributed by atoms with Crippen molar-refractivity contribution in [3.63, 3.8) is 0 Å². The fraction of sp³-hybridized carbons (Fsp3) is 0.167. The third kappa shape index (κ3) is 4.54. The number of carbonyl (C=O) groups is 1. The van der Waals surface area contributed by atoms with Gasteiger partial charge in [0, 0.05) is 24.5 Å². The van der Waals surface area contributed by atoms with Gasteiger partial charge in [-0.05, 0) is 36.6 Å². The second kappa shape index (κ2) is 8.99. The van der Waals surface area contributed by atoms with Crippen LogP contribution in [-0.4, -0.2) is 28.6 Å². The molecular formula is C24H21F2N3O5S. The molecule has 35 heavy (non-hydrogen) atoms. The zero-order chi connectivity index (χ0) is 25.5. The monoisotopic (exact) mass is 501 g/mol. The maximum atomic E-state index is 14.6. The standard InChI is InChI=1S/C24H21F2N3O5S/c1-13(2)17-12-29(35(32,33)16-6-4-14(3)5-7-16)23-21(17)20(8-9-27-23)34-22-18(25)10-15(11-19(22)26)28-24(30)31/h4-13,28H,1-3H3,(H,30,31). The van der Waals surface area contributed by atoms with Crippen molar-refractivity contribution in [1.82, 2.24) is 8.96 Å². The molecule has 2 N–H and O–H groups in total. The minimum absolute atomic E-state index is 0.00620. The van der Waals surface area contributed by atoms with E-state index in [4.69, 9.17) is 9.84 Å². The van der Waals surface area contributed by atoms with Crippen LogP contribution >= 0.6 is 0 Å². The van der Waals surface area contributed by atoms with Crippen LogP contribution in [-0.2, 0) is 10.0 Å². The van der Waals surface area contributed by atoms with E-state index < -0.39 is 33.5 Å². The second-order valence-electron chi connectivity index (χ2n) is 8.16. The zero-order valence-corrected chi connectivity index (χ0v) is 19.7. The molecule has 2 heterocycles. The molecular weight excluding hydrogens is 480 g/mol. The third-order valence-corrected chi connectivity index (χ3v) is 6.97. The number of hydrogen-bond acceptors (Lipinski definition) is 5. The van der Waals surface area contributed by atoms with Crippen LogP contribution in [0.5, 0.6) is 11.5 Å². The van der Waals surface area contributed by atoms with Crippen LogP contribution in [0.15, 0.2) is 59.8 Å². The number of fused-ring (bicyclic) bond motifs is 1. The van der Waals surface area contributed by atoms with E-state index in [2.05, 4.69) is 4.98 Å². The van der Waals surface area contributed by atoms with E-state index in [9.17, 15) is 22.0 Å². The summed E-state index contributed by atoms with van der Waals surface area (Å²) in [7, 11) is -4.03. The quantitative estimate of drug-likeness (QED) is 0.342. The van der Waals surface area contributed by atoms with Gasteiger partial charge in [0.1, 0.15) is 5.75 Å². The van der Waals surface area contributed by atoms with Crippen LogP contribution in [0.3, 0.4) is 0 Å². The molecule has 0 saturated carbocycles. The van der Waals surface area contributed by atoms with Crippen molar-refractivity contribution in [3.8, 4) is 11.5 Å². The van der Waals surface area contributed by atoms with Crippen LogP contribution in [0, 0.1) is 18.6 Å². The largest absolute Gasteiger partial charge is 0.465 e. The van der Waals surface area contributed by atoms with E-state index in [0.29, 0.717) is 5.56 Å². The minimum atomic E-state index is -4.03. The number of aromatic nitrogens is 2. The topological polar surface area (TPSA) is 111 Å². The molecule has 0 fully saturated rings. The number of hydrogen-bond donors (Lipinski definition) is 2. The van der Waals surface area contributed by atoms with Gasteiger partial charge in [0.05, 0.1) is 16.0 Å². The predicted molar refractivity (Wildman–Crippen MR) is 126 cm³/mol. The molecule has 0 atom stereocenters. The number of halogens is 2. The molecule has 0 saturated heterocycles. The highest BCUT2D eigenvalue weighted by Gasteiger charge is 2.26. The van der Waals surface area contributed by atoms with E-state index in [0.717, 1.165) is 21.7 Å². The fourth-order valence-electron chi connectivity index (χ4n) is 3.62. The molecule has 0 unspecified atom stereocenters. The van der Waals surface area contributed by atoms with Crippen molar-refractivity contribution in [1.29, 1.82) is 0 Å². The molecule has 0 radical (unpaired) electrons. The lowest BCUT2D eigenvalue weighted by molar-refractivity contribution is 0.209. The SMILES string of the molecule is Cc1ccc(S(=O)(=O)n2cc(C(C)C)c3c(Oc4c(F)cc(NC(=O)O)cc4F)ccnc32)cc1. The van der Waals surface area contributed by atoms with Crippen LogP contribution in [0.25, 0.3) is 11.0 Å². The summed E-state index contributed by atoms with van der Waals surface area (Å²) in [6.45, 7) is 5.51. The highest BCUT2D eigenvalue weighted by atomic mass is 32.2. The van der Waals surface area contributed by atoms with Gasteiger partial charge in [0.2, 0.25) is 0 Å². The van der Waals surface area contributed by atoms with Gasteiger partial charge in [-0.15, -0.1) is 0 Å². The summed E-state index contributed by atoms with van der Waals surface area (Å²) in [5, 5.41) is 10.9. The van der Waals surface area contributed by atoms with Crippen molar-refractivity contribution in [3.05, 3.63) is 77.6 Å². The lowest BCUT2D eigenvalue weighted by Crippen LogP contribution is -2.12. The summed E-state index contributed by atoms with van der Waals surface area (Å²) in [4.78, 5) is 15.1. The normalized spacial score (nSPS) is 11.7. The number of rotatable bonds is 6. The average molecular weight is 502 g/mol. The van der Waals surface area contributed by atoms with Gasteiger partial charge < -0.3 is 9.84 Å². The minimum Gasteiger partial charge on any atom is -0.465 e. The maximum Gasteiger partial charge on any atom is 0.409 e. The highest BCUT2D eigenvalue weighted by Crippen LogP contribution is 2.39. The van der Waals surface area contributed by atoms with Crippen molar-refractivity contribution in [2.45, 2.75) is 31.6 Å². The summed E-state index contributed by atoms with van der Waals surface area (Å²) in [5.41, 5.74) is 1.17. The first-order valence-corrected chi connectivity index (χ1v) is 11.9. The molecule has 8 nitrogen and oxygen atoms in total. The molecule has 4 rings (SSSR count). The Morgan fingerprint density at radius 1 is 1.11 bits per heavy atom. The average Bonchev–Trinajstić information content (AvgIpc) is 3.18. The number of amides is 1. The molecule has 11 heteroatoms. The number of carboxylic acid groups (broad SMARTS) is 1. The molecule has 0 aliphatic carbocycles. The lowest BCUT2D eigenvalue weighted by atomic mass is 10.0. The number of aryl methyl sites for hydroxylation is 1. The summed E-state index contributed by atoms with van der Waals surface area (Å²) in [6.07, 6.45) is 1.22. The molecule has 0 bridgehead atoms. The fourth-order valence-corrected chi connectivity index (χ4v) is 4.94. The first kappa shape index (κ1) is 24.1. The Labute approximate surface area is 199 Å². The Hall–Kier alpha value is -3.99. The number of pyridine rings is 1. The first-order valence-electron chi connectivity index (χ1n) is 10.5. The van der Waals surface area contributed by atoms with Crippen molar-refractivity contribution in [2.24, 2.45) is 0 Å². The summed E-state index contributed by atoms with van der Waals surface area (Å²) in [6, 6.07) is 9.27. The van der Waals surface area contributed by atoms with E-state index in [-0.39, 0.29) is 33.3 Å². The Morgan fingerprint density at radius 3 is 2.31 bits per heavy atom. The molecule has 2 aromatic heterocycles. The smallest absolute Gasteiger partial charge is 0.409 e. The van der Waals surface area contributed by atoms with Gasteiger partial charge in [-0.1, -0.05) is 31.5 Å². The van der Waals surface area contributed by atoms with Gasteiger partial charge in [0.15, 0.2) is 23.0 Å². The van der Waals surface area contributed by atoms with Crippen LogP contribution in [0.1, 0.15) is 30.9 Å². The van der Waals surface area contributed by atoms with E-state index in [1.165, 1.54) is 30.6 Å². The molecule has 2 aromatic carbocycles. The van der Waals surface area contributed by atoms with Crippen molar-refractivity contribution >= 4 is 32.8 Å². The summed E-state index contributed by atoms with van der Waals surface area (Å²) < 4.78 is 62.7. The van der Waals surface area contributed by atoms with E-state index in [1.807, 2.05) is 26.1 Å². The maximum absolute atomic E-state index is 14.6. The number of anilines is 1. The van der Waals surface area contributed by atoms with Crippen LogP contribution in [0.2, 0.25) is 0 Å². The van der Waals surface area contributed by atoms with Crippen molar-refractivity contribution < 1.29 is 31.8 Å². The third-order valence-electron chi connectivity index (χ3n) is 5.31. The molecule has 182 valence electrons. The number of benzene rings is 2.